The van der Waals surface area contributed by atoms with Crippen LogP contribution in [0.25, 0.3) is 0 Å². The number of aliphatic hydroxyl groups is 1. The molecule has 1 atom stereocenters. The van der Waals surface area contributed by atoms with Gasteiger partial charge in [0, 0.05) is 5.56 Å². The molecule has 0 aliphatic heterocycles. The average Bonchev–Trinajstić information content (AvgIpc) is 2.52. The van der Waals surface area contributed by atoms with Crippen molar-refractivity contribution in [1.29, 1.82) is 0 Å². The van der Waals surface area contributed by atoms with Crippen LogP contribution in [0, 0.1) is 0 Å². The van der Waals surface area contributed by atoms with Crippen LogP contribution in [0.3, 0.4) is 0 Å². The van der Waals surface area contributed by atoms with Crippen molar-refractivity contribution in [3.05, 3.63) is 19.2 Å². The third kappa shape index (κ3) is 4.55. The van der Waals surface area contributed by atoms with E-state index in [1.165, 1.54) is 19.3 Å². The lowest BCUT2D eigenvalue weighted by atomic mass is 10.1. The zero-order valence-electron chi connectivity index (χ0n) is 8.80. The Balaban J connectivity index is 2.39. The van der Waals surface area contributed by atoms with Gasteiger partial charge in [0.05, 0.1) is 13.7 Å². The molecule has 0 aliphatic carbocycles. The van der Waals surface area contributed by atoms with E-state index >= 15 is 0 Å². The monoisotopic (exact) mass is 354 g/mol. The van der Waals surface area contributed by atoms with Crippen molar-refractivity contribution in [2.75, 3.05) is 0 Å². The van der Waals surface area contributed by atoms with Crippen molar-refractivity contribution >= 4 is 43.2 Å². The van der Waals surface area contributed by atoms with Gasteiger partial charge in [-0.05, 0) is 44.3 Å². The summed E-state index contributed by atoms with van der Waals surface area (Å²) in [7, 11) is 0. The Morgan fingerprint density at radius 2 is 2.07 bits per heavy atom. The van der Waals surface area contributed by atoms with Gasteiger partial charge in [-0.2, -0.15) is 0 Å². The van der Waals surface area contributed by atoms with Gasteiger partial charge in [-0.1, -0.05) is 32.6 Å². The zero-order chi connectivity index (χ0) is 11.3. The number of hydrogen-bond acceptors (Lipinski definition) is 2. The van der Waals surface area contributed by atoms with Gasteiger partial charge in [0.25, 0.3) is 0 Å². The highest BCUT2D eigenvalue weighted by Crippen LogP contribution is 2.36. The summed E-state index contributed by atoms with van der Waals surface area (Å²) >= 11 is 8.51. The lowest BCUT2D eigenvalue weighted by Gasteiger charge is -2.09. The van der Waals surface area contributed by atoms with E-state index in [1.54, 1.807) is 11.3 Å². The van der Waals surface area contributed by atoms with Gasteiger partial charge in [0.2, 0.25) is 0 Å². The molecule has 0 saturated heterocycles. The van der Waals surface area contributed by atoms with Gasteiger partial charge in [0.1, 0.15) is 0 Å². The van der Waals surface area contributed by atoms with E-state index in [0.29, 0.717) is 0 Å². The van der Waals surface area contributed by atoms with E-state index in [1.807, 2.05) is 6.07 Å². The first kappa shape index (κ1) is 13.7. The third-order valence-electron chi connectivity index (χ3n) is 2.37. The van der Waals surface area contributed by atoms with Gasteiger partial charge in [-0.25, -0.2) is 0 Å². The van der Waals surface area contributed by atoms with Gasteiger partial charge in [0.15, 0.2) is 0 Å². The predicted octanol–water partition coefficient (Wildman–Crippen LogP) is 5.28. The van der Waals surface area contributed by atoms with Crippen LogP contribution in [-0.4, -0.2) is 5.11 Å². The summed E-state index contributed by atoms with van der Waals surface area (Å²) in [6, 6.07) is 2.00. The summed E-state index contributed by atoms with van der Waals surface area (Å²) in [6.07, 6.45) is 5.37. The Morgan fingerprint density at radius 3 is 2.60 bits per heavy atom. The Bertz CT molecular complexity index is 299. The Hall–Kier alpha value is 0.620. The molecule has 1 N–H and O–H groups in total. The SMILES string of the molecule is CCCCCCC(O)c1cc(Br)sc1Br. The molecule has 0 aliphatic rings. The number of hydrogen-bond donors (Lipinski definition) is 1. The molecule has 1 nitrogen and oxygen atoms in total. The summed E-state index contributed by atoms with van der Waals surface area (Å²) in [4.78, 5) is 0. The van der Waals surface area contributed by atoms with Gasteiger partial charge < -0.3 is 5.11 Å². The summed E-state index contributed by atoms with van der Waals surface area (Å²) in [6.45, 7) is 2.20. The van der Waals surface area contributed by atoms with Crippen molar-refractivity contribution in [2.45, 2.75) is 45.1 Å². The smallest absolute Gasteiger partial charge is 0.0809 e. The first-order valence-corrected chi connectivity index (χ1v) is 7.68. The molecule has 0 amide bonds. The fourth-order valence-corrected chi connectivity index (χ4v) is 4.46. The molecule has 0 spiro atoms. The van der Waals surface area contributed by atoms with Crippen LogP contribution in [0.5, 0.6) is 0 Å². The second-order valence-corrected chi connectivity index (χ2v) is 7.39. The van der Waals surface area contributed by atoms with Crippen molar-refractivity contribution < 1.29 is 5.11 Å². The molecule has 1 aromatic rings. The lowest BCUT2D eigenvalue weighted by molar-refractivity contribution is 0.163. The molecule has 0 fully saturated rings. The first-order chi connectivity index (χ1) is 7.15. The van der Waals surface area contributed by atoms with Crippen LogP contribution in [0.4, 0.5) is 0 Å². The molecular weight excluding hydrogens is 340 g/mol. The highest BCUT2D eigenvalue weighted by atomic mass is 79.9. The Kier molecular flexibility index (Phi) is 6.43. The van der Waals surface area contributed by atoms with Crippen LogP contribution in [0.2, 0.25) is 0 Å². The van der Waals surface area contributed by atoms with E-state index in [-0.39, 0.29) is 6.10 Å². The van der Waals surface area contributed by atoms with Gasteiger partial charge in [-0.3, -0.25) is 0 Å². The van der Waals surface area contributed by atoms with Crippen molar-refractivity contribution in [1.82, 2.24) is 0 Å². The van der Waals surface area contributed by atoms with E-state index in [4.69, 9.17) is 0 Å². The molecule has 1 heterocycles. The highest BCUT2D eigenvalue weighted by molar-refractivity contribution is 9.12. The number of unbranched alkanes of at least 4 members (excludes halogenated alkanes) is 3. The van der Waals surface area contributed by atoms with E-state index < -0.39 is 0 Å². The summed E-state index contributed by atoms with van der Waals surface area (Å²) in [5, 5.41) is 9.97. The second kappa shape index (κ2) is 7.05. The minimum Gasteiger partial charge on any atom is -0.388 e. The summed E-state index contributed by atoms with van der Waals surface area (Å²) < 4.78 is 2.11. The third-order valence-corrected chi connectivity index (χ3v) is 4.76. The minimum atomic E-state index is -0.321. The molecule has 0 bridgehead atoms. The Labute approximate surface area is 112 Å². The molecule has 1 rings (SSSR count). The molecule has 4 heteroatoms. The highest BCUT2D eigenvalue weighted by Gasteiger charge is 2.13. The molecule has 86 valence electrons. The molecule has 1 unspecified atom stereocenters. The van der Waals surface area contributed by atoms with Crippen molar-refractivity contribution in [3.63, 3.8) is 0 Å². The quantitative estimate of drug-likeness (QED) is 0.688. The van der Waals surface area contributed by atoms with E-state index in [0.717, 1.165) is 26.0 Å². The lowest BCUT2D eigenvalue weighted by Crippen LogP contribution is -1.96. The molecule has 15 heavy (non-hydrogen) atoms. The maximum absolute atomic E-state index is 9.97. The predicted molar refractivity (Wildman–Crippen MR) is 73.4 cm³/mol. The minimum absolute atomic E-state index is 0.321. The number of thiophene rings is 1. The zero-order valence-corrected chi connectivity index (χ0v) is 12.8. The van der Waals surface area contributed by atoms with Crippen LogP contribution >= 0.6 is 43.2 Å². The fourth-order valence-electron chi connectivity index (χ4n) is 1.50. The van der Waals surface area contributed by atoms with Gasteiger partial charge >= 0.3 is 0 Å². The molecule has 0 aromatic carbocycles. The van der Waals surface area contributed by atoms with Crippen LogP contribution in [-0.2, 0) is 0 Å². The molecule has 0 saturated carbocycles. The largest absolute Gasteiger partial charge is 0.388 e. The molecular formula is C11H16Br2OS. The fraction of sp³-hybridized carbons (Fsp3) is 0.636. The number of aliphatic hydroxyl groups excluding tert-OH is 1. The van der Waals surface area contributed by atoms with Crippen LogP contribution in [0.1, 0.15) is 50.7 Å². The normalized spacial score (nSPS) is 13.1. The van der Waals surface area contributed by atoms with Crippen molar-refractivity contribution in [3.8, 4) is 0 Å². The standard InChI is InChI=1S/C11H16Br2OS/c1-2-3-4-5-6-9(14)8-7-10(12)15-11(8)13/h7,9,14H,2-6H2,1H3. The van der Waals surface area contributed by atoms with E-state index in [9.17, 15) is 5.11 Å². The van der Waals surface area contributed by atoms with E-state index in [2.05, 4.69) is 38.8 Å². The van der Waals surface area contributed by atoms with Crippen molar-refractivity contribution in [2.24, 2.45) is 0 Å². The molecule has 1 aromatic heterocycles. The maximum Gasteiger partial charge on any atom is 0.0809 e. The molecule has 0 radical (unpaired) electrons. The number of halogens is 2. The average molecular weight is 356 g/mol. The Morgan fingerprint density at radius 1 is 1.33 bits per heavy atom. The topological polar surface area (TPSA) is 20.2 Å². The maximum atomic E-state index is 9.97. The summed E-state index contributed by atoms with van der Waals surface area (Å²) in [5.41, 5.74) is 1.02. The van der Waals surface area contributed by atoms with Crippen LogP contribution in [0.15, 0.2) is 13.6 Å². The second-order valence-electron chi connectivity index (χ2n) is 3.64. The number of rotatable bonds is 6. The van der Waals surface area contributed by atoms with Gasteiger partial charge in [-0.15, -0.1) is 11.3 Å². The summed E-state index contributed by atoms with van der Waals surface area (Å²) in [5.74, 6) is 0. The van der Waals surface area contributed by atoms with Crippen LogP contribution < -0.4 is 0 Å². The first-order valence-electron chi connectivity index (χ1n) is 5.28.